The Bertz CT molecular complexity index is 272. The number of benzene rings is 1. The first-order valence-electron chi connectivity index (χ1n) is 4.01. The Morgan fingerprint density at radius 3 is 2.25 bits per heavy atom. The lowest BCUT2D eigenvalue weighted by Crippen LogP contribution is -1.97. The molecule has 0 saturated carbocycles. The third-order valence-corrected chi connectivity index (χ3v) is 1.86. The molecule has 0 fully saturated rings. The quantitative estimate of drug-likeness (QED) is 0.663. The smallest absolute Gasteiger partial charge is 0.0995 e. The number of aliphatic hydroxyl groups excluding tert-OH is 1. The van der Waals surface area contributed by atoms with Gasteiger partial charge in [0.2, 0.25) is 0 Å². The van der Waals surface area contributed by atoms with Crippen LogP contribution in [0.1, 0.15) is 24.2 Å². The molecule has 0 radical (unpaired) electrons. The summed E-state index contributed by atoms with van der Waals surface area (Å²) in [6.45, 7) is 7.55. The highest BCUT2D eigenvalue weighted by molar-refractivity contribution is 5.27. The molecule has 1 aromatic carbocycles. The summed E-state index contributed by atoms with van der Waals surface area (Å²) in [4.78, 5) is 0. The van der Waals surface area contributed by atoms with E-state index in [0.29, 0.717) is 0 Å². The summed E-state index contributed by atoms with van der Waals surface area (Å²) < 4.78 is 0. The Morgan fingerprint density at radius 1 is 1.33 bits per heavy atom. The van der Waals surface area contributed by atoms with E-state index in [1.807, 2.05) is 38.1 Å². The van der Waals surface area contributed by atoms with E-state index in [1.165, 1.54) is 5.56 Å². The second kappa shape index (κ2) is 3.55. The van der Waals surface area contributed by atoms with Crippen molar-refractivity contribution in [2.45, 2.75) is 20.0 Å². The summed E-state index contributed by atoms with van der Waals surface area (Å²) in [7, 11) is 0. The van der Waals surface area contributed by atoms with Crippen molar-refractivity contribution in [3.8, 4) is 0 Å². The van der Waals surface area contributed by atoms with Crippen LogP contribution in [0.4, 0.5) is 0 Å². The summed E-state index contributed by atoms with van der Waals surface area (Å²) in [6, 6.07) is 7.83. The van der Waals surface area contributed by atoms with Crippen LogP contribution < -0.4 is 0 Å². The monoisotopic (exact) mass is 162 g/mol. The van der Waals surface area contributed by atoms with Gasteiger partial charge in [-0.2, -0.15) is 0 Å². The average molecular weight is 162 g/mol. The Hall–Kier alpha value is -1.08. The van der Waals surface area contributed by atoms with Gasteiger partial charge in [-0.25, -0.2) is 0 Å². The number of aryl methyl sites for hydroxylation is 1. The number of rotatable bonds is 2. The van der Waals surface area contributed by atoms with Crippen molar-refractivity contribution in [3.63, 3.8) is 0 Å². The van der Waals surface area contributed by atoms with Gasteiger partial charge in [-0.1, -0.05) is 36.4 Å². The van der Waals surface area contributed by atoms with Gasteiger partial charge in [-0.15, -0.1) is 0 Å². The van der Waals surface area contributed by atoms with Crippen molar-refractivity contribution in [2.24, 2.45) is 0 Å². The maximum Gasteiger partial charge on any atom is 0.0995 e. The van der Waals surface area contributed by atoms with Gasteiger partial charge in [0.25, 0.3) is 0 Å². The predicted octanol–water partition coefficient (Wildman–Crippen LogP) is 2.60. The first kappa shape index (κ1) is 9.01. The molecule has 1 aromatic rings. The minimum Gasteiger partial charge on any atom is -0.384 e. The van der Waals surface area contributed by atoms with Crippen LogP contribution in [0, 0.1) is 6.92 Å². The molecule has 0 aliphatic heterocycles. The topological polar surface area (TPSA) is 20.2 Å². The Labute approximate surface area is 73.4 Å². The minimum atomic E-state index is -0.523. The molecule has 1 atom stereocenters. The molecule has 0 unspecified atom stereocenters. The minimum absolute atomic E-state index is 0.523. The van der Waals surface area contributed by atoms with Gasteiger partial charge in [-0.3, -0.25) is 0 Å². The summed E-state index contributed by atoms with van der Waals surface area (Å²) in [5.74, 6) is 0. The third-order valence-electron chi connectivity index (χ3n) is 1.86. The predicted molar refractivity (Wildman–Crippen MR) is 51.0 cm³/mol. The molecule has 1 rings (SSSR count). The van der Waals surface area contributed by atoms with Crippen LogP contribution in [0.15, 0.2) is 36.4 Å². The maximum absolute atomic E-state index is 9.59. The van der Waals surface area contributed by atoms with Gasteiger partial charge in [-0.05, 0) is 25.0 Å². The molecule has 0 aliphatic carbocycles. The van der Waals surface area contributed by atoms with Crippen molar-refractivity contribution in [2.75, 3.05) is 0 Å². The molecular formula is C11H14O. The van der Waals surface area contributed by atoms with Crippen molar-refractivity contribution in [3.05, 3.63) is 47.5 Å². The third kappa shape index (κ3) is 1.95. The number of hydrogen-bond acceptors (Lipinski definition) is 1. The van der Waals surface area contributed by atoms with Crippen LogP contribution in [0.3, 0.4) is 0 Å². The van der Waals surface area contributed by atoms with Crippen molar-refractivity contribution < 1.29 is 5.11 Å². The SMILES string of the molecule is C=C(C)[C@H](O)c1ccc(C)cc1. The zero-order chi connectivity index (χ0) is 9.14. The normalized spacial score (nSPS) is 12.6. The molecule has 0 saturated heterocycles. The van der Waals surface area contributed by atoms with Crippen LogP contribution in [0.25, 0.3) is 0 Å². The van der Waals surface area contributed by atoms with Gasteiger partial charge < -0.3 is 5.11 Å². The van der Waals surface area contributed by atoms with Gasteiger partial charge in [0.15, 0.2) is 0 Å². The first-order chi connectivity index (χ1) is 5.61. The van der Waals surface area contributed by atoms with Crippen LogP contribution in [0.5, 0.6) is 0 Å². The van der Waals surface area contributed by atoms with E-state index >= 15 is 0 Å². The van der Waals surface area contributed by atoms with Crippen LogP contribution in [0.2, 0.25) is 0 Å². The van der Waals surface area contributed by atoms with Crippen molar-refractivity contribution >= 4 is 0 Å². The van der Waals surface area contributed by atoms with Gasteiger partial charge in [0, 0.05) is 0 Å². The van der Waals surface area contributed by atoms with Gasteiger partial charge in [0.05, 0.1) is 6.10 Å². The highest BCUT2D eigenvalue weighted by Crippen LogP contribution is 2.19. The summed E-state index contributed by atoms with van der Waals surface area (Å²) in [5, 5.41) is 9.59. The fourth-order valence-electron chi connectivity index (χ4n) is 1.03. The lowest BCUT2D eigenvalue weighted by Gasteiger charge is -2.09. The zero-order valence-corrected chi connectivity index (χ0v) is 7.54. The lowest BCUT2D eigenvalue weighted by atomic mass is 10.0. The summed E-state index contributed by atoms with van der Waals surface area (Å²) in [6.07, 6.45) is -0.523. The molecule has 0 amide bonds. The van der Waals surface area contributed by atoms with Crippen molar-refractivity contribution in [1.82, 2.24) is 0 Å². The molecule has 1 N–H and O–H groups in total. The van der Waals surface area contributed by atoms with Crippen LogP contribution in [-0.2, 0) is 0 Å². The Kier molecular flexibility index (Phi) is 2.66. The Morgan fingerprint density at radius 2 is 1.83 bits per heavy atom. The van der Waals surface area contributed by atoms with Crippen LogP contribution in [-0.4, -0.2) is 5.11 Å². The molecule has 64 valence electrons. The fourth-order valence-corrected chi connectivity index (χ4v) is 1.03. The van der Waals surface area contributed by atoms with Crippen LogP contribution >= 0.6 is 0 Å². The highest BCUT2D eigenvalue weighted by atomic mass is 16.3. The molecule has 0 heterocycles. The number of hydrogen-bond donors (Lipinski definition) is 1. The molecule has 0 aliphatic rings. The first-order valence-corrected chi connectivity index (χ1v) is 4.01. The maximum atomic E-state index is 9.59. The fraction of sp³-hybridized carbons (Fsp3) is 0.273. The molecule has 0 bridgehead atoms. The summed E-state index contributed by atoms with van der Waals surface area (Å²) in [5.41, 5.74) is 2.89. The second-order valence-corrected chi connectivity index (χ2v) is 3.16. The largest absolute Gasteiger partial charge is 0.384 e. The summed E-state index contributed by atoms with van der Waals surface area (Å²) >= 11 is 0. The molecule has 1 heteroatoms. The molecule has 0 aromatic heterocycles. The highest BCUT2D eigenvalue weighted by Gasteiger charge is 2.05. The molecule has 12 heavy (non-hydrogen) atoms. The molecular weight excluding hydrogens is 148 g/mol. The Balaban J connectivity index is 2.89. The van der Waals surface area contributed by atoms with E-state index in [2.05, 4.69) is 6.58 Å². The van der Waals surface area contributed by atoms with E-state index in [0.717, 1.165) is 11.1 Å². The second-order valence-electron chi connectivity index (χ2n) is 3.16. The molecule has 0 spiro atoms. The standard InChI is InChI=1S/C11H14O/c1-8(2)11(12)10-6-4-9(3)5-7-10/h4-7,11-12H,1H2,2-3H3/t11-/m0/s1. The lowest BCUT2D eigenvalue weighted by molar-refractivity contribution is 0.216. The van der Waals surface area contributed by atoms with Gasteiger partial charge >= 0.3 is 0 Å². The van der Waals surface area contributed by atoms with E-state index in [4.69, 9.17) is 0 Å². The zero-order valence-electron chi connectivity index (χ0n) is 7.54. The van der Waals surface area contributed by atoms with E-state index < -0.39 is 6.10 Å². The number of aliphatic hydroxyl groups is 1. The van der Waals surface area contributed by atoms with Gasteiger partial charge in [0.1, 0.15) is 0 Å². The molecule has 1 nitrogen and oxygen atoms in total. The van der Waals surface area contributed by atoms with E-state index in [1.54, 1.807) is 0 Å². The average Bonchev–Trinajstić information content (AvgIpc) is 2.04. The van der Waals surface area contributed by atoms with E-state index in [9.17, 15) is 5.11 Å². The van der Waals surface area contributed by atoms with E-state index in [-0.39, 0.29) is 0 Å². The van der Waals surface area contributed by atoms with Crippen molar-refractivity contribution in [1.29, 1.82) is 0 Å².